The second kappa shape index (κ2) is 6.40. The van der Waals surface area contributed by atoms with Gasteiger partial charge in [-0.15, -0.1) is 0 Å². The highest BCUT2D eigenvalue weighted by Gasteiger charge is 2.44. The molecule has 0 aliphatic carbocycles. The smallest absolute Gasteiger partial charge is 0.406 e. The minimum atomic E-state index is -4.57. The molecule has 0 saturated carbocycles. The van der Waals surface area contributed by atoms with Gasteiger partial charge in [0.05, 0.1) is 20.1 Å². The van der Waals surface area contributed by atoms with Crippen LogP contribution in [0.4, 0.5) is 13.2 Å². The molecule has 0 aromatic carbocycles. The molecule has 116 valence electrons. The first-order chi connectivity index (χ1) is 9.18. The minimum Gasteiger partial charge on any atom is -0.469 e. The third-order valence-electron chi connectivity index (χ3n) is 2.95. The predicted molar refractivity (Wildman–Crippen MR) is 61.6 cm³/mol. The molecule has 0 radical (unpaired) electrons. The zero-order chi connectivity index (χ0) is 15.4. The normalized spacial score (nSPS) is 22.6. The number of esters is 1. The Hall–Kier alpha value is -1.35. The van der Waals surface area contributed by atoms with Gasteiger partial charge < -0.3 is 20.1 Å². The van der Waals surface area contributed by atoms with Crippen molar-refractivity contribution in [3.05, 3.63) is 0 Å². The minimum absolute atomic E-state index is 0.127. The van der Waals surface area contributed by atoms with E-state index in [9.17, 15) is 22.8 Å². The van der Waals surface area contributed by atoms with Crippen LogP contribution in [0, 0.1) is 0 Å². The third kappa shape index (κ3) is 4.64. The van der Waals surface area contributed by atoms with Gasteiger partial charge in [0.1, 0.15) is 12.1 Å². The average molecular weight is 298 g/mol. The topological polar surface area (TPSA) is 81.9 Å². The standard InChI is InChI=1S/C11H17F3N2O4/c1-19-8(17)2-4-16(6-11(12,13)14)9(18)10(15)3-5-20-7-10/h2-7,15H2,1H3. The zero-order valence-electron chi connectivity index (χ0n) is 11.0. The van der Waals surface area contributed by atoms with E-state index in [4.69, 9.17) is 10.5 Å². The fourth-order valence-corrected chi connectivity index (χ4v) is 1.86. The van der Waals surface area contributed by atoms with Gasteiger partial charge in [-0.2, -0.15) is 13.2 Å². The summed E-state index contributed by atoms with van der Waals surface area (Å²) in [5.41, 5.74) is 4.30. The van der Waals surface area contributed by atoms with Crippen LogP contribution in [0.3, 0.4) is 0 Å². The van der Waals surface area contributed by atoms with Gasteiger partial charge in [-0.25, -0.2) is 0 Å². The molecule has 2 N–H and O–H groups in total. The molecule has 0 aromatic heterocycles. The van der Waals surface area contributed by atoms with Crippen LogP contribution in [-0.2, 0) is 19.1 Å². The van der Waals surface area contributed by atoms with Crippen LogP contribution in [0.5, 0.6) is 0 Å². The zero-order valence-corrected chi connectivity index (χ0v) is 11.0. The number of hydrogen-bond donors (Lipinski definition) is 1. The van der Waals surface area contributed by atoms with E-state index in [1.165, 1.54) is 0 Å². The first-order valence-corrected chi connectivity index (χ1v) is 5.97. The predicted octanol–water partition coefficient (Wildman–Crippen LogP) is 0.0582. The summed E-state index contributed by atoms with van der Waals surface area (Å²) in [5, 5.41) is 0. The summed E-state index contributed by atoms with van der Waals surface area (Å²) in [6.07, 6.45) is -4.74. The van der Waals surface area contributed by atoms with Gasteiger partial charge in [-0.3, -0.25) is 9.59 Å². The van der Waals surface area contributed by atoms with Crippen molar-refractivity contribution in [2.45, 2.75) is 24.6 Å². The molecule has 0 aromatic rings. The van der Waals surface area contributed by atoms with Crippen LogP contribution in [0.2, 0.25) is 0 Å². The first-order valence-electron chi connectivity index (χ1n) is 5.97. The summed E-state index contributed by atoms with van der Waals surface area (Å²) in [6.45, 7) is -1.76. The molecule has 9 heteroatoms. The maximum absolute atomic E-state index is 12.5. The number of carbonyl (C=O) groups is 2. The summed E-state index contributed by atoms with van der Waals surface area (Å²) in [6, 6.07) is 0. The lowest BCUT2D eigenvalue weighted by Crippen LogP contribution is -2.57. The fraction of sp³-hybridized carbons (Fsp3) is 0.818. The number of nitrogens with zero attached hydrogens (tertiary/aromatic N) is 1. The molecule has 1 atom stereocenters. The van der Waals surface area contributed by atoms with Crippen molar-refractivity contribution < 1.29 is 32.2 Å². The number of methoxy groups -OCH3 is 1. The van der Waals surface area contributed by atoms with E-state index in [0.717, 1.165) is 7.11 Å². The monoisotopic (exact) mass is 298 g/mol. The summed E-state index contributed by atoms with van der Waals surface area (Å²) in [4.78, 5) is 23.7. The molecule has 1 rings (SSSR count). The van der Waals surface area contributed by atoms with Gasteiger partial charge in [0.25, 0.3) is 0 Å². The Morgan fingerprint density at radius 1 is 1.45 bits per heavy atom. The van der Waals surface area contributed by atoms with Crippen LogP contribution >= 0.6 is 0 Å². The first kappa shape index (κ1) is 16.7. The Bertz CT molecular complexity index is 367. The van der Waals surface area contributed by atoms with Crippen molar-refractivity contribution in [2.24, 2.45) is 5.73 Å². The fourth-order valence-electron chi connectivity index (χ4n) is 1.86. The second-order valence-corrected chi connectivity index (χ2v) is 4.63. The molecule has 1 unspecified atom stereocenters. The van der Waals surface area contributed by atoms with Crippen molar-refractivity contribution in [3.8, 4) is 0 Å². The van der Waals surface area contributed by atoms with Gasteiger partial charge in [-0.1, -0.05) is 0 Å². The molecular weight excluding hydrogens is 281 g/mol. The highest BCUT2D eigenvalue weighted by molar-refractivity contribution is 5.87. The SMILES string of the molecule is COC(=O)CCN(CC(F)(F)F)C(=O)C1(N)CCOC1. The number of alkyl halides is 3. The molecule has 1 fully saturated rings. The van der Waals surface area contributed by atoms with Crippen LogP contribution in [0.15, 0.2) is 0 Å². The second-order valence-electron chi connectivity index (χ2n) is 4.63. The lowest BCUT2D eigenvalue weighted by atomic mass is 9.98. The maximum Gasteiger partial charge on any atom is 0.406 e. The number of nitrogens with two attached hydrogens (primary N) is 1. The number of hydrogen-bond acceptors (Lipinski definition) is 5. The van der Waals surface area contributed by atoms with Crippen molar-refractivity contribution >= 4 is 11.9 Å². The van der Waals surface area contributed by atoms with E-state index < -0.39 is 36.7 Å². The van der Waals surface area contributed by atoms with E-state index in [0.29, 0.717) is 4.90 Å². The van der Waals surface area contributed by atoms with E-state index in [-0.39, 0.29) is 26.1 Å². The number of ether oxygens (including phenoxy) is 2. The molecule has 1 amide bonds. The third-order valence-corrected chi connectivity index (χ3v) is 2.95. The number of carbonyl (C=O) groups excluding carboxylic acids is 2. The molecular formula is C11H17F3N2O4. The van der Waals surface area contributed by atoms with Crippen LogP contribution in [0.1, 0.15) is 12.8 Å². The van der Waals surface area contributed by atoms with E-state index in [1.807, 2.05) is 0 Å². The van der Waals surface area contributed by atoms with Crippen molar-refractivity contribution in [1.29, 1.82) is 0 Å². The molecule has 1 saturated heterocycles. The lowest BCUT2D eigenvalue weighted by Gasteiger charge is -2.31. The average Bonchev–Trinajstić information content (AvgIpc) is 2.80. The number of rotatable bonds is 5. The Labute approximate surface area is 114 Å². The number of halogens is 3. The van der Waals surface area contributed by atoms with E-state index >= 15 is 0 Å². The van der Waals surface area contributed by atoms with Crippen molar-refractivity contribution in [2.75, 3.05) is 33.4 Å². The van der Waals surface area contributed by atoms with Crippen LogP contribution in [-0.4, -0.2) is 61.9 Å². The lowest BCUT2D eigenvalue weighted by molar-refractivity contribution is -0.166. The van der Waals surface area contributed by atoms with E-state index in [1.54, 1.807) is 0 Å². The summed E-state index contributed by atoms with van der Waals surface area (Å²) >= 11 is 0. The molecule has 0 spiro atoms. The van der Waals surface area contributed by atoms with Gasteiger partial charge in [-0.05, 0) is 6.42 Å². The highest BCUT2D eigenvalue weighted by atomic mass is 19.4. The molecule has 6 nitrogen and oxygen atoms in total. The molecule has 0 bridgehead atoms. The van der Waals surface area contributed by atoms with Gasteiger partial charge in [0.2, 0.25) is 5.91 Å². The Kier molecular flexibility index (Phi) is 5.35. The molecule has 1 aliphatic heterocycles. The quantitative estimate of drug-likeness (QED) is 0.726. The summed E-state index contributed by atoms with van der Waals surface area (Å²) < 4.78 is 46.8. The van der Waals surface area contributed by atoms with Crippen LogP contribution < -0.4 is 5.73 Å². The van der Waals surface area contributed by atoms with Gasteiger partial charge >= 0.3 is 12.1 Å². The molecule has 20 heavy (non-hydrogen) atoms. The van der Waals surface area contributed by atoms with Crippen molar-refractivity contribution in [3.63, 3.8) is 0 Å². The molecule has 1 heterocycles. The summed E-state index contributed by atoms with van der Waals surface area (Å²) in [5.74, 6) is -1.56. The number of amides is 1. The Morgan fingerprint density at radius 2 is 2.10 bits per heavy atom. The van der Waals surface area contributed by atoms with E-state index in [2.05, 4.69) is 4.74 Å². The van der Waals surface area contributed by atoms with Crippen LogP contribution in [0.25, 0.3) is 0 Å². The Morgan fingerprint density at radius 3 is 2.55 bits per heavy atom. The van der Waals surface area contributed by atoms with Gasteiger partial charge in [0.15, 0.2) is 0 Å². The summed E-state index contributed by atoms with van der Waals surface area (Å²) in [7, 11) is 1.12. The maximum atomic E-state index is 12.5. The highest BCUT2D eigenvalue weighted by Crippen LogP contribution is 2.22. The van der Waals surface area contributed by atoms with Gasteiger partial charge in [0, 0.05) is 13.2 Å². The largest absolute Gasteiger partial charge is 0.469 e. The van der Waals surface area contributed by atoms with Crippen molar-refractivity contribution in [1.82, 2.24) is 4.90 Å². The Balaban J connectivity index is 2.75. The molecule has 1 aliphatic rings.